The van der Waals surface area contributed by atoms with Gasteiger partial charge in [-0.2, -0.15) is 11.8 Å². The summed E-state index contributed by atoms with van der Waals surface area (Å²) in [5.74, 6) is 0. The maximum absolute atomic E-state index is 5.17. The number of rotatable bonds is 4. The summed E-state index contributed by atoms with van der Waals surface area (Å²) in [5, 5.41) is 7.57. The Hall–Kier alpha value is -0.740. The lowest BCUT2D eigenvalue weighted by atomic mass is 10.3. The van der Waals surface area contributed by atoms with Crippen LogP contribution in [0.15, 0.2) is 30.3 Å². The molecule has 0 aliphatic carbocycles. The molecule has 4 heteroatoms. The van der Waals surface area contributed by atoms with Crippen molar-refractivity contribution >= 4 is 34.8 Å². The minimum absolute atomic E-state index is 0.570. The standard InChI is InChI=1S/C11H16N2S2/c1-9(15-2)8-12-11(14)13-10-6-4-3-5-7-10/h3-7,9H,8H2,1-2H3,(H2,12,13,14). The number of para-hydroxylation sites is 1. The zero-order valence-corrected chi connectivity index (χ0v) is 10.6. The van der Waals surface area contributed by atoms with Crippen LogP contribution in [0, 0.1) is 0 Å². The third kappa shape index (κ3) is 5.04. The first-order valence-corrected chi connectivity index (χ1v) is 6.54. The molecule has 1 aromatic carbocycles. The SMILES string of the molecule is CSC(C)CNC(=S)Nc1ccccc1. The summed E-state index contributed by atoms with van der Waals surface area (Å²) < 4.78 is 0. The van der Waals surface area contributed by atoms with Gasteiger partial charge in [0, 0.05) is 17.5 Å². The molecule has 1 unspecified atom stereocenters. The van der Waals surface area contributed by atoms with Crippen LogP contribution in [0.3, 0.4) is 0 Å². The molecule has 1 atom stereocenters. The third-order valence-electron chi connectivity index (χ3n) is 1.98. The first kappa shape index (κ1) is 12.3. The van der Waals surface area contributed by atoms with Gasteiger partial charge in [0.2, 0.25) is 0 Å². The van der Waals surface area contributed by atoms with Gasteiger partial charge in [0.05, 0.1) is 0 Å². The average Bonchev–Trinajstić information content (AvgIpc) is 2.27. The molecule has 0 aromatic heterocycles. The molecule has 0 saturated carbocycles. The highest BCUT2D eigenvalue weighted by Gasteiger charge is 2.00. The number of thiocarbonyl (C=S) groups is 1. The van der Waals surface area contributed by atoms with Gasteiger partial charge in [-0.05, 0) is 30.6 Å². The molecule has 0 aliphatic heterocycles. The molecule has 0 saturated heterocycles. The van der Waals surface area contributed by atoms with Crippen molar-refractivity contribution in [3.8, 4) is 0 Å². The van der Waals surface area contributed by atoms with Crippen LogP contribution in [0.2, 0.25) is 0 Å². The lowest BCUT2D eigenvalue weighted by molar-refractivity contribution is 0.864. The van der Waals surface area contributed by atoms with Crippen LogP contribution in [0.1, 0.15) is 6.92 Å². The van der Waals surface area contributed by atoms with Gasteiger partial charge in [0.1, 0.15) is 0 Å². The maximum Gasteiger partial charge on any atom is 0.170 e. The van der Waals surface area contributed by atoms with Gasteiger partial charge in [-0.15, -0.1) is 0 Å². The largest absolute Gasteiger partial charge is 0.361 e. The number of anilines is 1. The highest BCUT2D eigenvalue weighted by molar-refractivity contribution is 7.99. The molecule has 82 valence electrons. The fraction of sp³-hybridized carbons (Fsp3) is 0.364. The van der Waals surface area contributed by atoms with E-state index in [4.69, 9.17) is 12.2 Å². The second-order valence-electron chi connectivity index (χ2n) is 3.25. The molecule has 1 rings (SSSR count). The quantitative estimate of drug-likeness (QED) is 0.790. The van der Waals surface area contributed by atoms with Crippen LogP contribution in [-0.4, -0.2) is 23.2 Å². The maximum atomic E-state index is 5.17. The highest BCUT2D eigenvalue weighted by atomic mass is 32.2. The summed E-state index contributed by atoms with van der Waals surface area (Å²) in [6.45, 7) is 3.06. The third-order valence-corrected chi connectivity index (χ3v) is 3.20. The van der Waals surface area contributed by atoms with Gasteiger partial charge in [-0.25, -0.2) is 0 Å². The zero-order valence-electron chi connectivity index (χ0n) is 8.99. The summed E-state index contributed by atoms with van der Waals surface area (Å²) in [6.07, 6.45) is 2.10. The van der Waals surface area contributed by atoms with Crippen LogP contribution in [-0.2, 0) is 0 Å². The summed E-state index contributed by atoms with van der Waals surface area (Å²) >= 11 is 6.99. The van der Waals surface area contributed by atoms with Crippen molar-refractivity contribution in [1.29, 1.82) is 0 Å². The molecule has 2 nitrogen and oxygen atoms in total. The van der Waals surface area contributed by atoms with E-state index in [9.17, 15) is 0 Å². The molecule has 0 aliphatic rings. The molecule has 0 bridgehead atoms. The predicted molar refractivity (Wildman–Crippen MR) is 73.6 cm³/mol. The van der Waals surface area contributed by atoms with E-state index in [2.05, 4.69) is 23.8 Å². The van der Waals surface area contributed by atoms with E-state index in [1.807, 2.05) is 42.1 Å². The predicted octanol–water partition coefficient (Wildman–Crippen LogP) is 2.72. The minimum atomic E-state index is 0.570. The number of thioether (sulfide) groups is 1. The van der Waals surface area contributed by atoms with Crippen LogP contribution < -0.4 is 10.6 Å². The Labute approximate surface area is 101 Å². The Morgan fingerprint density at radius 2 is 2.07 bits per heavy atom. The molecule has 1 aromatic rings. The van der Waals surface area contributed by atoms with Crippen molar-refractivity contribution in [2.45, 2.75) is 12.2 Å². The molecule has 0 heterocycles. The van der Waals surface area contributed by atoms with E-state index in [-0.39, 0.29) is 0 Å². The van der Waals surface area contributed by atoms with E-state index in [1.54, 1.807) is 0 Å². The number of hydrogen-bond donors (Lipinski definition) is 2. The van der Waals surface area contributed by atoms with Gasteiger partial charge < -0.3 is 10.6 Å². The van der Waals surface area contributed by atoms with E-state index in [0.29, 0.717) is 10.4 Å². The number of hydrogen-bond acceptors (Lipinski definition) is 2. The molecule has 15 heavy (non-hydrogen) atoms. The lowest BCUT2D eigenvalue weighted by Gasteiger charge is -2.13. The first-order chi connectivity index (χ1) is 7.22. The Kier molecular flexibility index (Phi) is 5.50. The monoisotopic (exact) mass is 240 g/mol. The second-order valence-corrected chi connectivity index (χ2v) is 4.93. The van der Waals surface area contributed by atoms with Crippen LogP contribution in [0.4, 0.5) is 5.69 Å². The fourth-order valence-electron chi connectivity index (χ4n) is 1.02. The van der Waals surface area contributed by atoms with Crippen molar-refractivity contribution in [3.63, 3.8) is 0 Å². The number of nitrogens with one attached hydrogen (secondary N) is 2. The molecule has 0 radical (unpaired) electrons. The molecule has 2 N–H and O–H groups in total. The van der Waals surface area contributed by atoms with Gasteiger partial charge in [0.15, 0.2) is 5.11 Å². The van der Waals surface area contributed by atoms with Crippen molar-refractivity contribution in [1.82, 2.24) is 5.32 Å². The van der Waals surface area contributed by atoms with Crippen molar-refractivity contribution in [3.05, 3.63) is 30.3 Å². The molecular formula is C11H16N2S2. The van der Waals surface area contributed by atoms with Crippen LogP contribution in [0.5, 0.6) is 0 Å². The summed E-state index contributed by atoms with van der Waals surface area (Å²) in [7, 11) is 0. The topological polar surface area (TPSA) is 24.1 Å². The van der Waals surface area contributed by atoms with E-state index in [0.717, 1.165) is 12.2 Å². The molecule has 0 spiro atoms. The normalized spacial score (nSPS) is 11.9. The van der Waals surface area contributed by atoms with Crippen molar-refractivity contribution in [2.24, 2.45) is 0 Å². The van der Waals surface area contributed by atoms with Crippen molar-refractivity contribution in [2.75, 3.05) is 18.1 Å². The summed E-state index contributed by atoms with van der Waals surface area (Å²) in [4.78, 5) is 0. The van der Waals surface area contributed by atoms with Crippen molar-refractivity contribution < 1.29 is 0 Å². The van der Waals surface area contributed by atoms with E-state index in [1.165, 1.54) is 0 Å². The van der Waals surface area contributed by atoms with Gasteiger partial charge in [-0.1, -0.05) is 25.1 Å². The number of benzene rings is 1. The summed E-state index contributed by atoms with van der Waals surface area (Å²) in [6, 6.07) is 9.93. The average molecular weight is 240 g/mol. The van der Waals surface area contributed by atoms with Gasteiger partial charge in [-0.3, -0.25) is 0 Å². The Bertz CT molecular complexity index is 301. The minimum Gasteiger partial charge on any atom is -0.361 e. The van der Waals surface area contributed by atoms with Gasteiger partial charge in [0.25, 0.3) is 0 Å². The van der Waals surface area contributed by atoms with E-state index >= 15 is 0 Å². The smallest absolute Gasteiger partial charge is 0.170 e. The van der Waals surface area contributed by atoms with Crippen LogP contribution >= 0.6 is 24.0 Å². The fourth-order valence-corrected chi connectivity index (χ4v) is 1.47. The van der Waals surface area contributed by atoms with Crippen LogP contribution in [0.25, 0.3) is 0 Å². The molecule has 0 amide bonds. The zero-order chi connectivity index (χ0) is 11.1. The molecule has 0 fully saturated rings. The molecular weight excluding hydrogens is 224 g/mol. The Morgan fingerprint density at radius 3 is 2.67 bits per heavy atom. The van der Waals surface area contributed by atoms with E-state index < -0.39 is 0 Å². The Balaban J connectivity index is 2.31. The summed E-state index contributed by atoms with van der Waals surface area (Å²) in [5.41, 5.74) is 1.02. The first-order valence-electron chi connectivity index (χ1n) is 4.85. The Morgan fingerprint density at radius 1 is 1.40 bits per heavy atom. The second kappa shape index (κ2) is 6.69. The van der Waals surface area contributed by atoms with Gasteiger partial charge >= 0.3 is 0 Å². The lowest BCUT2D eigenvalue weighted by Crippen LogP contribution is -2.32. The highest BCUT2D eigenvalue weighted by Crippen LogP contribution is 2.05.